The number of methoxy groups -OCH3 is 1. The lowest BCUT2D eigenvalue weighted by Gasteiger charge is -2.34. The predicted molar refractivity (Wildman–Crippen MR) is 136 cm³/mol. The van der Waals surface area contributed by atoms with E-state index in [9.17, 15) is 14.4 Å². The van der Waals surface area contributed by atoms with Gasteiger partial charge in [-0.2, -0.15) is 0 Å². The number of hydrogen-bond acceptors (Lipinski definition) is 6. The molecule has 0 unspecified atom stereocenters. The third-order valence-electron chi connectivity index (χ3n) is 6.02. The van der Waals surface area contributed by atoms with Crippen molar-refractivity contribution in [1.29, 1.82) is 0 Å². The summed E-state index contributed by atoms with van der Waals surface area (Å²) in [6.45, 7) is 8.24. The number of rotatable bonds is 9. The van der Waals surface area contributed by atoms with Crippen LogP contribution < -0.4 is 5.56 Å². The van der Waals surface area contributed by atoms with Gasteiger partial charge >= 0.3 is 5.97 Å². The zero-order valence-electron chi connectivity index (χ0n) is 20.3. The lowest BCUT2D eigenvalue weighted by molar-refractivity contribution is -0.132. The van der Waals surface area contributed by atoms with Crippen LogP contribution in [0.2, 0.25) is 0 Å². The Morgan fingerprint density at radius 1 is 1.06 bits per heavy atom. The van der Waals surface area contributed by atoms with E-state index >= 15 is 0 Å². The molecule has 0 fully saturated rings. The summed E-state index contributed by atoms with van der Waals surface area (Å²) >= 11 is 1.23. The summed E-state index contributed by atoms with van der Waals surface area (Å²) in [7, 11) is 1.31. The van der Waals surface area contributed by atoms with Crippen LogP contribution in [0.3, 0.4) is 0 Å². The fourth-order valence-corrected chi connectivity index (χ4v) is 4.71. The normalized spacial score (nSPS) is 12.9. The molecule has 0 N–H and O–H groups in total. The van der Waals surface area contributed by atoms with Gasteiger partial charge in [0.15, 0.2) is 5.16 Å². The minimum absolute atomic E-state index is 0.00553. The number of esters is 1. The van der Waals surface area contributed by atoms with Crippen molar-refractivity contribution in [2.75, 3.05) is 12.9 Å². The molecule has 180 valence electrons. The van der Waals surface area contributed by atoms with Gasteiger partial charge in [0.25, 0.3) is 5.56 Å². The van der Waals surface area contributed by atoms with Crippen LogP contribution in [0.1, 0.15) is 50.9 Å². The quantitative estimate of drug-likeness (QED) is 0.251. The number of hydrogen-bond donors (Lipinski definition) is 0. The Hall–Kier alpha value is -3.13. The van der Waals surface area contributed by atoms with Crippen molar-refractivity contribution in [2.24, 2.45) is 0 Å². The average Bonchev–Trinajstić information content (AvgIpc) is 2.86. The van der Waals surface area contributed by atoms with E-state index in [-0.39, 0.29) is 29.3 Å². The summed E-state index contributed by atoms with van der Waals surface area (Å²) in [6.07, 6.45) is 1.72. The molecule has 0 spiro atoms. The van der Waals surface area contributed by atoms with E-state index in [1.807, 2.05) is 35.2 Å². The molecule has 7 nitrogen and oxygen atoms in total. The third kappa shape index (κ3) is 5.33. The highest BCUT2D eigenvalue weighted by atomic mass is 32.2. The van der Waals surface area contributed by atoms with Crippen LogP contribution in [-0.4, -0.2) is 51.3 Å². The number of amides is 1. The molecule has 1 amide bonds. The van der Waals surface area contributed by atoms with Gasteiger partial charge in [-0.3, -0.25) is 14.2 Å². The highest BCUT2D eigenvalue weighted by Crippen LogP contribution is 2.24. The van der Waals surface area contributed by atoms with Gasteiger partial charge < -0.3 is 9.64 Å². The smallest absolute Gasteiger partial charge is 0.337 e. The van der Waals surface area contributed by atoms with Crippen LogP contribution in [-0.2, 0) is 9.53 Å². The number of nitrogens with zero attached hydrogens (tertiary/aromatic N) is 3. The third-order valence-corrected chi connectivity index (χ3v) is 6.94. The monoisotopic (exact) mass is 481 g/mol. The Labute approximate surface area is 204 Å². The van der Waals surface area contributed by atoms with Crippen LogP contribution in [0.4, 0.5) is 0 Å². The van der Waals surface area contributed by atoms with Crippen molar-refractivity contribution in [2.45, 2.75) is 57.8 Å². The van der Waals surface area contributed by atoms with Crippen molar-refractivity contribution in [3.63, 3.8) is 0 Å². The first-order chi connectivity index (χ1) is 16.3. The molecular weight excluding hydrogens is 450 g/mol. The highest BCUT2D eigenvalue weighted by Gasteiger charge is 2.24. The van der Waals surface area contributed by atoms with Gasteiger partial charge in [0.05, 0.1) is 35.0 Å². The number of ether oxygens (including phenoxy) is 1. The second-order valence-corrected chi connectivity index (χ2v) is 9.14. The van der Waals surface area contributed by atoms with Crippen LogP contribution in [0, 0.1) is 0 Å². The molecule has 2 aromatic carbocycles. The van der Waals surface area contributed by atoms with Gasteiger partial charge in [-0.25, -0.2) is 9.78 Å². The van der Waals surface area contributed by atoms with Crippen molar-refractivity contribution in [3.8, 4) is 5.69 Å². The standard InChI is InChI=1S/C26H31N3O4S/c1-6-17(3)28(18(4)7-2)23(30)16-34-26-27-22-15-19(25(32)33-5)13-14-21(22)24(31)29(26)20-11-9-8-10-12-20/h8-15,17-18H,6-7,16H2,1-5H3/t17-,18+. The van der Waals surface area contributed by atoms with E-state index in [0.29, 0.717) is 27.3 Å². The van der Waals surface area contributed by atoms with E-state index in [0.717, 1.165) is 12.8 Å². The molecule has 2 atom stereocenters. The molecule has 3 aromatic rings. The zero-order valence-corrected chi connectivity index (χ0v) is 21.1. The number of aromatic nitrogens is 2. The molecule has 3 rings (SSSR count). The van der Waals surface area contributed by atoms with Crippen molar-refractivity contribution >= 4 is 34.5 Å². The summed E-state index contributed by atoms with van der Waals surface area (Å²) in [6, 6.07) is 14.1. The summed E-state index contributed by atoms with van der Waals surface area (Å²) in [4.78, 5) is 45.3. The number of fused-ring (bicyclic) bond motifs is 1. The minimum atomic E-state index is -0.502. The maximum Gasteiger partial charge on any atom is 0.337 e. The number of carbonyl (C=O) groups is 2. The van der Waals surface area contributed by atoms with Gasteiger partial charge in [0.2, 0.25) is 5.91 Å². The first-order valence-electron chi connectivity index (χ1n) is 11.5. The first-order valence-corrected chi connectivity index (χ1v) is 12.4. The summed E-state index contributed by atoms with van der Waals surface area (Å²) in [5.41, 5.74) is 1.10. The van der Waals surface area contributed by atoms with Crippen LogP contribution in [0.25, 0.3) is 16.6 Å². The van der Waals surface area contributed by atoms with Gasteiger partial charge in [-0.05, 0) is 57.0 Å². The van der Waals surface area contributed by atoms with E-state index < -0.39 is 5.97 Å². The molecule has 0 aliphatic rings. The molecule has 0 saturated carbocycles. The predicted octanol–water partition coefficient (Wildman–Crippen LogP) is 4.69. The first kappa shape index (κ1) is 25.5. The Morgan fingerprint density at radius 2 is 1.71 bits per heavy atom. The van der Waals surface area contributed by atoms with E-state index in [4.69, 9.17) is 9.72 Å². The van der Waals surface area contributed by atoms with Crippen LogP contribution in [0.5, 0.6) is 0 Å². The average molecular weight is 482 g/mol. The molecule has 8 heteroatoms. The number of thioether (sulfide) groups is 1. The Balaban J connectivity index is 2.07. The molecule has 34 heavy (non-hydrogen) atoms. The minimum Gasteiger partial charge on any atom is -0.465 e. The van der Waals surface area contributed by atoms with Gasteiger partial charge in [0, 0.05) is 12.1 Å². The largest absolute Gasteiger partial charge is 0.465 e. The Bertz CT molecular complexity index is 1220. The zero-order chi connectivity index (χ0) is 24.8. The SMILES string of the molecule is CC[C@@H](C)N(C(=O)CSc1nc2cc(C(=O)OC)ccc2c(=O)n1-c1ccccc1)[C@@H](C)CC. The molecule has 0 radical (unpaired) electrons. The lowest BCUT2D eigenvalue weighted by atomic mass is 10.1. The maximum atomic E-state index is 13.5. The Morgan fingerprint density at radius 3 is 2.29 bits per heavy atom. The summed E-state index contributed by atoms with van der Waals surface area (Å²) in [5.74, 6) is -0.347. The van der Waals surface area contributed by atoms with Gasteiger partial charge in [0.1, 0.15) is 0 Å². The number of carbonyl (C=O) groups excluding carboxylic acids is 2. The van der Waals surface area contributed by atoms with Crippen LogP contribution in [0.15, 0.2) is 58.5 Å². The molecule has 0 aliphatic heterocycles. The van der Waals surface area contributed by atoms with Gasteiger partial charge in [-0.1, -0.05) is 43.8 Å². The fourth-order valence-electron chi connectivity index (χ4n) is 3.83. The van der Waals surface area contributed by atoms with E-state index in [1.165, 1.54) is 23.4 Å². The second-order valence-electron chi connectivity index (χ2n) is 8.20. The lowest BCUT2D eigenvalue weighted by Crippen LogP contribution is -2.45. The Kier molecular flexibility index (Phi) is 8.50. The number of para-hydroxylation sites is 1. The van der Waals surface area contributed by atoms with Crippen molar-refractivity contribution in [1.82, 2.24) is 14.5 Å². The molecule has 1 aromatic heterocycles. The van der Waals surface area contributed by atoms with E-state index in [1.54, 1.807) is 18.2 Å². The van der Waals surface area contributed by atoms with Gasteiger partial charge in [-0.15, -0.1) is 0 Å². The van der Waals surface area contributed by atoms with E-state index in [2.05, 4.69) is 27.7 Å². The molecule has 1 heterocycles. The maximum absolute atomic E-state index is 13.5. The molecule has 0 bridgehead atoms. The molecular formula is C26H31N3O4S. The second kappa shape index (κ2) is 11.3. The molecule has 0 saturated heterocycles. The summed E-state index contributed by atoms with van der Waals surface area (Å²) in [5, 5.41) is 0.778. The molecule has 0 aliphatic carbocycles. The fraction of sp³-hybridized carbons (Fsp3) is 0.385. The van der Waals surface area contributed by atoms with Crippen molar-refractivity contribution in [3.05, 3.63) is 64.4 Å². The number of benzene rings is 2. The van der Waals surface area contributed by atoms with Crippen LogP contribution >= 0.6 is 11.8 Å². The van der Waals surface area contributed by atoms with Crippen molar-refractivity contribution < 1.29 is 14.3 Å². The topological polar surface area (TPSA) is 81.5 Å². The summed E-state index contributed by atoms with van der Waals surface area (Å²) < 4.78 is 6.33. The highest BCUT2D eigenvalue weighted by molar-refractivity contribution is 7.99.